The summed E-state index contributed by atoms with van der Waals surface area (Å²) in [5.41, 5.74) is 0.873. The minimum Gasteiger partial charge on any atom is -0.312 e. The van der Waals surface area contributed by atoms with Crippen LogP contribution in [0.15, 0.2) is 12.1 Å². The summed E-state index contributed by atoms with van der Waals surface area (Å²) in [6.07, 6.45) is 11.0. The second-order valence-electron chi connectivity index (χ2n) is 7.86. The van der Waals surface area contributed by atoms with E-state index in [-0.39, 0.29) is 5.54 Å². The highest BCUT2D eigenvalue weighted by molar-refractivity contribution is 7.11. The lowest BCUT2D eigenvalue weighted by Gasteiger charge is -2.31. The van der Waals surface area contributed by atoms with Gasteiger partial charge >= 0.3 is 0 Å². The van der Waals surface area contributed by atoms with Gasteiger partial charge in [0.25, 0.3) is 0 Å². The molecule has 1 N–H and O–H groups in total. The van der Waals surface area contributed by atoms with Crippen LogP contribution in [0.2, 0.25) is 0 Å². The van der Waals surface area contributed by atoms with Crippen LogP contribution in [0.4, 0.5) is 0 Å². The zero-order valence-electron chi connectivity index (χ0n) is 14.4. The zero-order chi connectivity index (χ0) is 15.3. The maximum atomic E-state index is 3.69. The SMILES string of the molecule is CCc1ccc(CCC2(CCNC(C)(C)C)CCCC2)s1. The molecule has 120 valence electrons. The Morgan fingerprint density at radius 3 is 2.33 bits per heavy atom. The normalized spacial score (nSPS) is 18.3. The van der Waals surface area contributed by atoms with Crippen molar-refractivity contribution in [1.29, 1.82) is 0 Å². The number of aryl methyl sites for hydroxylation is 2. The summed E-state index contributed by atoms with van der Waals surface area (Å²) >= 11 is 2.03. The van der Waals surface area contributed by atoms with Crippen LogP contribution in [-0.4, -0.2) is 12.1 Å². The summed E-state index contributed by atoms with van der Waals surface area (Å²) in [5, 5.41) is 3.69. The minimum atomic E-state index is 0.254. The van der Waals surface area contributed by atoms with Crippen LogP contribution in [0.5, 0.6) is 0 Å². The van der Waals surface area contributed by atoms with Crippen LogP contribution in [0.1, 0.15) is 76.0 Å². The summed E-state index contributed by atoms with van der Waals surface area (Å²) in [7, 11) is 0. The third-order valence-electron chi connectivity index (χ3n) is 4.94. The molecule has 0 atom stereocenters. The number of hydrogen-bond donors (Lipinski definition) is 1. The zero-order valence-corrected chi connectivity index (χ0v) is 15.2. The second kappa shape index (κ2) is 7.28. The first kappa shape index (κ1) is 17.0. The molecule has 1 aromatic heterocycles. The van der Waals surface area contributed by atoms with E-state index in [4.69, 9.17) is 0 Å². The van der Waals surface area contributed by atoms with Crippen LogP contribution in [0, 0.1) is 5.41 Å². The summed E-state index contributed by atoms with van der Waals surface area (Å²) in [6.45, 7) is 10.2. The van der Waals surface area contributed by atoms with E-state index in [9.17, 15) is 0 Å². The maximum Gasteiger partial charge on any atom is 0.00965 e. The van der Waals surface area contributed by atoms with Crippen molar-refractivity contribution < 1.29 is 0 Å². The van der Waals surface area contributed by atoms with E-state index < -0.39 is 0 Å². The first-order valence-corrected chi connectivity index (χ1v) is 9.57. The van der Waals surface area contributed by atoms with Gasteiger partial charge in [-0.1, -0.05) is 19.8 Å². The Labute approximate surface area is 135 Å². The van der Waals surface area contributed by atoms with Gasteiger partial charge in [-0.2, -0.15) is 0 Å². The fourth-order valence-corrected chi connectivity index (χ4v) is 4.55. The van der Waals surface area contributed by atoms with Gasteiger partial charge in [0, 0.05) is 15.3 Å². The van der Waals surface area contributed by atoms with Crippen molar-refractivity contribution >= 4 is 11.3 Å². The molecule has 0 aliphatic heterocycles. The molecular weight excluding hydrogens is 274 g/mol. The molecule has 0 unspecified atom stereocenters. The first-order chi connectivity index (χ1) is 9.92. The van der Waals surface area contributed by atoms with Crippen molar-refractivity contribution in [2.45, 2.75) is 84.6 Å². The van der Waals surface area contributed by atoms with E-state index in [0.717, 1.165) is 0 Å². The number of thiophene rings is 1. The average molecular weight is 308 g/mol. The molecule has 1 nitrogen and oxygen atoms in total. The smallest absolute Gasteiger partial charge is 0.00965 e. The monoisotopic (exact) mass is 307 g/mol. The fourth-order valence-electron chi connectivity index (χ4n) is 3.59. The van der Waals surface area contributed by atoms with Crippen molar-refractivity contribution in [3.8, 4) is 0 Å². The molecule has 0 radical (unpaired) electrons. The van der Waals surface area contributed by atoms with E-state index in [0.29, 0.717) is 5.41 Å². The summed E-state index contributed by atoms with van der Waals surface area (Å²) in [5.74, 6) is 0. The molecule has 1 aromatic rings. The molecule has 0 bridgehead atoms. The van der Waals surface area contributed by atoms with Crippen molar-refractivity contribution in [2.24, 2.45) is 5.41 Å². The van der Waals surface area contributed by atoms with E-state index in [1.54, 1.807) is 9.75 Å². The molecule has 1 heterocycles. The molecule has 0 amide bonds. The van der Waals surface area contributed by atoms with Crippen LogP contribution < -0.4 is 5.32 Å². The fraction of sp³-hybridized carbons (Fsp3) is 0.789. The third kappa shape index (κ3) is 5.41. The van der Waals surface area contributed by atoms with E-state index in [1.807, 2.05) is 11.3 Å². The summed E-state index contributed by atoms with van der Waals surface area (Å²) in [4.78, 5) is 3.14. The molecule has 1 aliphatic carbocycles. The molecule has 1 fully saturated rings. The maximum absolute atomic E-state index is 3.69. The lowest BCUT2D eigenvalue weighted by Crippen LogP contribution is -2.38. The lowest BCUT2D eigenvalue weighted by molar-refractivity contribution is 0.235. The van der Waals surface area contributed by atoms with Gasteiger partial charge in [0.15, 0.2) is 0 Å². The highest BCUT2D eigenvalue weighted by Gasteiger charge is 2.33. The minimum absolute atomic E-state index is 0.254. The first-order valence-electron chi connectivity index (χ1n) is 8.75. The average Bonchev–Trinajstić information content (AvgIpc) is 3.04. The molecule has 2 heteroatoms. The van der Waals surface area contributed by atoms with Gasteiger partial charge in [-0.25, -0.2) is 0 Å². The largest absolute Gasteiger partial charge is 0.312 e. The van der Waals surface area contributed by atoms with E-state index in [1.165, 1.54) is 57.9 Å². The highest BCUT2D eigenvalue weighted by atomic mass is 32.1. The van der Waals surface area contributed by atoms with Crippen molar-refractivity contribution in [2.75, 3.05) is 6.54 Å². The van der Waals surface area contributed by atoms with Crippen LogP contribution in [-0.2, 0) is 12.8 Å². The molecule has 2 rings (SSSR count). The van der Waals surface area contributed by atoms with Gasteiger partial charge in [0.05, 0.1) is 0 Å². The molecule has 0 spiro atoms. The number of rotatable bonds is 7. The Hall–Kier alpha value is -0.340. The Morgan fingerprint density at radius 1 is 1.10 bits per heavy atom. The second-order valence-corrected chi connectivity index (χ2v) is 9.11. The van der Waals surface area contributed by atoms with Gasteiger partial charge < -0.3 is 5.32 Å². The van der Waals surface area contributed by atoms with Crippen LogP contribution in [0.25, 0.3) is 0 Å². The summed E-state index contributed by atoms with van der Waals surface area (Å²) < 4.78 is 0. The number of nitrogens with one attached hydrogen (secondary N) is 1. The summed E-state index contributed by atoms with van der Waals surface area (Å²) in [6, 6.07) is 4.68. The molecule has 21 heavy (non-hydrogen) atoms. The van der Waals surface area contributed by atoms with Gasteiger partial charge in [-0.15, -0.1) is 11.3 Å². The quantitative estimate of drug-likeness (QED) is 0.693. The Bertz CT molecular complexity index is 421. The molecule has 0 aromatic carbocycles. The van der Waals surface area contributed by atoms with E-state index in [2.05, 4.69) is 45.1 Å². The Kier molecular flexibility index (Phi) is 5.90. The van der Waals surface area contributed by atoms with Crippen molar-refractivity contribution in [3.63, 3.8) is 0 Å². The molecule has 1 aliphatic rings. The molecular formula is C19H33NS. The molecule has 0 saturated heterocycles. The Balaban J connectivity index is 1.86. The van der Waals surface area contributed by atoms with Gasteiger partial charge in [-0.3, -0.25) is 0 Å². The third-order valence-corrected chi connectivity index (χ3v) is 6.23. The van der Waals surface area contributed by atoms with Crippen LogP contribution >= 0.6 is 11.3 Å². The lowest BCUT2D eigenvalue weighted by atomic mass is 9.78. The van der Waals surface area contributed by atoms with Crippen molar-refractivity contribution in [1.82, 2.24) is 5.32 Å². The highest BCUT2D eigenvalue weighted by Crippen LogP contribution is 2.45. The van der Waals surface area contributed by atoms with E-state index >= 15 is 0 Å². The van der Waals surface area contributed by atoms with Gasteiger partial charge in [-0.05, 0) is 83.4 Å². The van der Waals surface area contributed by atoms with Crippen LogP contribution in [0.3, 0.4) is 0 Å². The predicted octanol–water partition coefficient (Wildman–Crippen LogP) is 5.58. The van der Waals surface area contributed by atoms with Gasteiger partial charge in [0.1, 0.15) is 0 Å². The number of hydrogen-bond acceptors (Lipinski definition) is 2. The standard InChI is InChI=1S/C19H33NS/c1-5-16-8-9-17(21-16)10-13-19(11-6-7-12-19)14-15-20-18(2,3)4/h8-9,20H,5-7,10-15H2,1-4H3. The van der Waals surface area contributed by atoms with Gasteiger partial charge in [0.2, 0.25) is 0 Å². The van der Waals surface area contributed by atoms with Crippen molar-refractivity contribution in [3.05, 3.63) is 21.9 Å². The topological polar surface area (TPSA) is 12.0 Å². The molecule has 1 saturated carbocycles. The predicted molar refractivity (Wildman–Crippen MR) is 95.3 cm³/mol. The Morgan fingerprint density at radius 2 is 1.76 bits per heavy atom.